The number of nitrogens with one attached hydrogen (secondary N) is 1. The Morgan fingerprint density at radius 2 is 2.39 bits per heavy atom. The van der Waals surface area contributed by atoms with Gasteiger partial charge in [-0.1, -0.05) is 19.1 Å². The Labute approximate surface area is 110 Å². The first-order valence-electron chi connectivity index (χ1n) is 6.95. The van der Waals surface area contributed by atoms with E-state index in [0.717, 1.165) is 31.7 Å². The van der Waals surface area contributed by atoms with Gasteiger partial charge in [-0.25, -0.2) is 0 Å². The minimum Gasteiger partial charge on any atom is -0.493 e. The number of aryl methyl sites for hydroxylation is 1. The number of hydrogen-bond donors (Lipinski definition) is 1. The van der Waals surface area contributed by atoms with Crippen LogP contribution >= 0.6 is 0 Å². The van der Waals surface area contributed by atoms with Crippen molar-refractivity contribution in [3.05, 3.63) is 42.0 Å². The zero-order valence-electron chi connectivity index (χ0n) is 11.2. The first-order chi connectivity index (χ1) is 8.85. The molecule has 1 aliphatic rings. The molecule has 0 fully saturated rings. The summed E-state index contributed by atoms with van der Waals surface area (Å²) in [6, 6.07) is 7.06. The fourth-order valence-electron chi connectivity index (χ4n) is 2.47. The maximum absolute atomic E-state index is 5.70. The third-order valence-corrected chi connectivity index (χ3v) is 3.42. The number of ether oxygens (including phenoxy) is 1. The number of rotatable bonds is 7. The third-order valence-electron chi connectivity index (χ3n) is 3.42. The molecule has 0 saturated heterocycles. The van der Waals surface area contributed by atoms with Crippen LogP contribution in [0.3, 0.4) is 0 Å². The minimum absolute atomic E-state index is 0.544. The molecule has 18 heavy (non-hydrogen) atoms. The van der Waals surface area contributed by atoms with Crippen LogP contribution in [-0.4, -0.2) is 13.2 Å². The second-order valence-corrected chi connectivity index (χ2v) is 4.83. The maximum atomic E-state index is 5.70. The fraction of sp³-hybridized carbons (Fsp3) is 0.500. The Hall–Kier alpha value is -1.28. The molecular weight excluding hydrogens is 222 g/mol. The molecule has 1 atom stereocenters. The highest BCUT2D eigenvalue weighted by Crippen LogP contribution is 2.33. The van der Waals surface area contributed by atoms with Crippen molar-refractivity contribution < 1.29 is 4.74 Å². The average molecular weight is 245 g/mol. The van der Waals surface area contributed by atoms with Gasteiger partial charge in [0.05, 0.1) is 6.61 Å². The Kier molecular flexibility index (Phi) is 4.82. The highest BCUT2D eigenvalue weighted by molar-refractivity contribution is 5.40. The second-order valence-electron chi connectivity index (χ2n) is 4.83. The largest absolute Gasteiger partial charge is 0.493 e. The Bertz CT molecular complexity index is 400. The molecule has 0 bridgehead atoms. The topological polar surface area (TPSA) is 21.3 Å². The van der Waals surface area contributed by atoms with Crippen LogP contribution in [0.2, 0.25) is 0 Å². The Balaban J connectivity index is 1.98. The minimum atomic E-state index is 0.544. The number of fused-ring (bicyclic) bond motifs is 1. The molecule has 1 aromatic carbocycles. The van der Waals surface area contributed by atoms with Crippen LogP contribution in [0.1, 0.15) is 43.4 Å². The van der Waals surface area contributed by atoms with Gasteiger partial charge in [-0.3, -0.25) is 0 Å². The Morgan fingerprint density at radius 1 is 1.50 bits per heavy atom. The van der Waals surface area contributed by atoms with E-state index in [1.54, 1.807) is 0 Å². The van der Waals surface area contributed by atoms with Crippen molar-refractivity contribution in [2.75, 3.05) is 13.2 Å². The molecule has 1 N–H and O–H groups in total. The van der Waals surface area contributed by atoms with Crippen LogP contribution in [0, 0.1) is 0 Å². The molecule has 1 aliphatic carbocycles. The lowest BCUT2D eigenvalue weighted by Crippen LogP contribution is -2.19. The standard InChI is InChI=1S/C16H23NO/c1-3-5-11-18-14-7-8-15-13(12-14)6-9-16(15)17-10-4-2/h3,7-8,12,16-17H,1,4-6,9-11H2,2H3. The SMILES string of the molecule is C=CCCOc1ccc2c(c1)CCC2NCCC. The van der Waals surface area contributed by atoms with Crippen LogP contribution < -0.4 is 10.1 Å². The van der Waals surface area contributed by atoms with Crippen LogP contribution in [0.25, 0.3) is 0 Å². The molecule has 0 aromatic heterocycles. The molecule has 0 spiro atoms. The fourth-order valence-corrected chi connectivity index (χ4v) is 2.47. The molecule has 2 rings (SSSR count). The highest BCUT2D eigenvalue weighted by atomic mass is 16.5. The molecule has 0 saturated carbocycles. The molecule has 98 valence electrons. The average Bonchev–Trinajstić information content (AvgIpc) is 2.79. The maximum Gasteiger partial charge on any atom is 0.119 e. The molecule has 0 heterocycles. The molecule has 0 aliphatic heterocycles. The van der Waals surface area contributed by atoms with Gasteiger partial charge in [0.25, 0.3) is 0 Å². The number of benzene rings is 1. The van der Waals surface area contributed by atoms with Gasteiger partial charge in [0.2, 0.25) is 0 Å². The predicted octanol–water partition coefficient (Wildman–Crippen LogP) is 3.63. The lowest BCUT2D eigenvalue weighted by atomic mass is 10.1. The summed E-state index contributed by atoms with van der Waals surface area (Å²) in [6.45, 7) is 7.73. The van der Waals surface area contributed by atoms with E-state index in [-0.39, 0.29) is 0 Å². The summed E-state index contributed by atoms with van der Waals surface area (Å²) >= 11 is 0. The van der Waals surface area contributed by atoms with E-state index in [4.69, 9.17) is 4.74 Å². The van der Waals surface area contributed by atoms with E-state index in [1.165, 1.54) is 24.0 Å². The van der Waals surface area contributed by atoms with Gasteiger partial charge in [0.1, 0.15) is 5.75 Å². The summed E-state index contributed by atoms with van der Waals surface area (Å²) in [7, 11) is 0. The summed E-state index contributed by atoms with van der Waals surface area (Å²) in [5.74, 6) is 0.992. The summed E-state index contributed by atoms with van der Waals surface area (Å²) in [6.07, 6.45) is 6.35. The molecule has 1 aromatic rings. The van der Waals surface area contributed by atoms with Crippen molar-refractivity contribution in [2.24, 2.45) is 0 Å². The van der Waals surface area contributed by atoms with E-state index in [2.05, 4.69) is 37.0 Å². The van der Waals surface area contributed by atoms with E-state index >= 15 is 0 Å². The van der Waals surface area contributed by atoms with Gasteiger partial charge in [0, 0.05) is 6.04 Å². The van der Waals surface area contributed by atoms with Gasteiger partial charge in [-0.15, -0.1) is 6.58 Å². The summed E-state index contributed by atoms with van der Waals surface area (Å²) in [5, 5.41) is 3.61. The molecule has 2 nitrogen and oxygen atoms in total. The zero-order valence-corrected chi connectivity index (χ0v) is 11.2. The third kappa shape index (κ3) is 3.14. The van der Waals surface area contributed by atoms with Crippen LogP contribution in [0.15, 0.2) is 30.9 Å². The number of hydrogen-bond acceptors (Lipinski definition) is 2. The molecule has 2 heteroatoms. The van der Waals surface area contributed by atoms with Gasteiger partial charge in [0.15, 0.2) is 0 Å². The van der Waals surface area contributed by atoms with E-state index in [9.17, 15) is 0 Å². The summed E-state index contributed by atoms with van der Waals surface area (Å²) < 4.78 is 5.70. The zero-order chi connectivity index (χ0) is 12.8. The van der Waals surface area contributed by atoms with E-state index in [1.807, 2.05) is 6.08 Å². The Morgan fingerprint density at radius 3 is 3.17 bits per heavy atom. The van der Waals surface area contributed by atoms with E-state index in [0.29, 0.717) is 6.04 Å². The molecular formula is C16H23NO. The molecule has 0 radical (unpaired) electrons. The summed E-state index contributed by atoms with van der Waals surface area (Å²) in [5.41, 5.74) is 2.90. The van der Waals surface area contributed by atoms with Crippen LogP contribution in [0.4, 0.5) is 0 Å². The first-order valence-corrected chi connectivity index (χ1v) is 6.95. The van der Waals surface area contributed by atoms with Crippen molar-refractivity contribution in [3.8, 4) is 5.75 Å². The van der Waals surface area contributed by atoms with Crippen LogP contribution in [-0.2, 0) is 6.42 Å². The second kappa shape index (κ2) is 6.60. The molecule has 1 unspecified atom stereocenters. The van der Waals surface area contributed by atoms with Gasteiger partial charge in [-0.2, -0.15) is 0 Å². The predicted molar refractivity (Wildman–Crippen MR) is 76.1 cm³/mol. The lowest BCUT2D eigenvalue weighted by molar-refractivity contribution is 0.324. The normalized spacial score (nSPS) is 17.5. The summed E-state index contributed by atoms with van der Waals surface area (Å²) in [4.78, 5) is 0. The van der Waals surface area contributed by atoms with Crippen LogP contribution in [0.5, 0.6) is 5.75 Å². The van der Waals surface area contributed by atoms with Crippen molar-refractivity contribution in [3.63, 3.8) is 0 Å². The first kappa shape index (κ1) is 13.2. The smallest absolute Gasteiger partial charge is 0.119 e. The van der Waals surface area contributed by atoms with Gasteiger partial charge >= 0.3 is 0 Å². The van der Waals surface area contributed by atoms with Gasteiger partial charge < -0.3 is 10.1 Å². The van der Waals surface area contributed by atoms with E-state index < -0.39 is 0 Å². The quantitative estimate of drug-likeness (QED) is 0.585. The van der Waals surface area contributed by atoms with Crippen molar-refractivity contribution >= 4 is 0 Å². The van der Waals surface area contributed by atoms with Gasteiger partial charge in [-0.05, 0) is 55.5 Å². The van der Waals surface area contributed by atoms with Crippen molar-refractivity contribution in [1.29, 1.82) is 0 Å². The highest BCUT2D eigenvalue weighted by Gasteiger charge is 2.21. The lowest BCUT2D eigenvalue weighted by Gasteiger charge is -2.13. The van der Waals surface area contributed by atoms with Crippen molar-refractivity contribution in [1.82, 2.24) is 5.32 Å². The van der Waals surface area contributed by atoms with Crippen molar-refractivity contribution in [2.45, 2.75) is 38.6 Å². The monoisotopic (exact) mass is 245 g/mol. The molecule has 0 amide bonds.